The van der Waals surface area contributed by atoms with Crippen molar-refractivity contribution in [2.45, 2.75) is 20.0 Å². The molecular formula is C20H21N3O4. The van der Waals surface area contributed by atoms with E-state index in [1.807, 2.05) is 35.9 Å². The number of methoxy groups -OCH3 is 1. The lowest BCUT2D eigenvalue weighted by molar-refractivity contribution is -0.140. The molecule has 2 aromatic heterocycles. The van der Waals surface area contributed by atoms with Crippen LogP contribution in [0.1, 0.15) is 28.0 Å². The summed E-state index contributed by atoms with van der Waals surface area (Å²) >= 11 is 0. The average Bonchev–Trinajstić information content (AvgIpc) is 3.11. The molecule has 0 spiro atoms. The number of pyridine rings is 1. The number of fused-ring (bicyclic) bond motifs is 1. The molecule has 0 aliphatic carbocycles. The Morgan fingerprint density at radius 3 is 2.67 bits per heavy atom. The first-order valence-electron chi connectivity index (χ1n) is 8.58. The van der Waals surface area contributed by atoms with Crippen LogP contribution in [0.25, 0.3) is 5.65 Å². The minimum Gasteiger partial charge on any atom is -0.487 e. The van der Waals surface area contributed by atoms with Crippen LogP contribution in [0.4, 0.5) is 0 Å². The quantitative estimate of drug-likeness (QED) is 0.649. The summed E-state index contributed by atoms with van der Waals surface area (Å²) in [4.78, 5) is 27.6. The molecule has 7 heteroatoms. The van der Waals surface area contributed by atoms with E-state index in [0.717, 1.165) is 16.9 Å². The zero-order valence-corrected chi connectivity index (χ0v) is 15.3. The molecule has 7 nitrogen and oxygen atoms in total. The van der Waals surface area contributed by atoms with Gasteiger partial charge < -0.3 is 19.2 Å². The number of nitrogens with one attached hydrogen (secondary N) is 1. The number of carbonyl (C=O) groups excluding carboxylic acids is 2. The zero-order valence-electron chi connectivity index (χ0n) is 15.3. The van der Waals surface area contributed by atoms with Crippen LogP contribution in [0, 0.1) is 6.92 Å². The number of esters is 1. The van der Waals surface area contributed by atoms with Crippen molar-refractivity contribution in [3.63, 3.8) is 0 Å². The molecule has 3 aromatic rings. The first-order chi connectivity index (χ1) is 13.1. The Balaban J connectivity index is 1.54. The number of hydrogen-bond donors (Lipinski definition) is 1. The minimum absolute atomic E-state index is 0.141. The molecule has 3 rings (SSSR count). The molecule has 0 atom stereocenters. The monoisotopic (exact) mass is 367 g/mol. The molecule has 0 saturated carbocycles. The summed E-state index contributed by atoms with van der Waals surface area (Å²) in [7, 11) is 1.32. The van der Waals surface area contributed by atoms with Crippen LogP contribution < -0.4 is 10.1 Å². The largest absolute Gasteiger partial charge is 0.487 e. The molecule has 0 aliphatic rings. The average molecular weight is 367 g/mol. The van der Waals surface area contributed by atoms with E-state index in [1.165, 1.54) is 7.11 Å². The summed E-state index contributed by atoms with van der Waals surface area (Å²) in [5.74, 6) is 0.0392. The van der Waals surface area contributed by atoms with E-state index in [4.69, 9.17) is 4.74 Å². The fourth-order valence-electron chi connectivity index (χ4n) is 2.62. The van der Waals surface area contributed by atoms with Crippen LogP contribution in [0.5, 0.6) is 5.75 Å². The van der Waals surface area contributed by atoms with Crippen LogP contribution in [-0.2, 0) is 16.1 Å². The minimum atomic E-state index is -0.360. The summed E-state index contributed by atoms with van der Waals surface area (Å²) in [6.45, 7) is 2.59. The second kappa shape index (κ2) is 8.35. The van der Waals surface area contributed by atoms with E-state index in [0.29, 0.717) is 17.9 Å². The summed E-state index contributed by atoms with van der Waals surface area (Å²) < 4.78 is 12.3. The van der Waals surface area contributed by atoms with Crippen molar-refractivity contribution in [2.75, 3.05) is 13.7 Å². The summed E-state index contributed by atoms with van der Waals surface area (Å²) in [5, 5.41) is 2.67. The highest BCUT2D eigenvalue weighted by Gasteiger charge is 2.08. The number of amides is 1. The number of rotatable bonds is 7. The SMILES string of the molecule is COC(=O)CCNC(=O)c1ccc(OCc2cn3cccc(C)c3n2)cc1. The Kier molecular flexibility index (Phi) is 5.71. The van der Waals surface area contributed by atoms with Crippen molar-refractivity contribution in [3.8, 4) is 5.75 Å². The van der Waals surface area contributed by atoms with Crippen LogP contribution >= 0.6 is 0 Å². The maximum absolute atomic E-state index is 12.0. The number of ether oxygens (including phenoxy) is 2. The van der Waals surface area contributed by atoms with Gasteiger partial charge in [-0.15, -0.1) is 0 Å². The predicted molar refractivity (Wildman–Crippen MR) is 99.7 cm³/mol. The van der Waals surface area contributed by atoms with Crippen molar-refractivity contribution >= 4 is 17.5 Å². The number of benzene rings is 1. The Bertz CT molecular complexity index is 948. The topological polar surface area (TPSA) is 81.9 Å². The van der Waals surface area contributed by atoms with Crippen molar-refractivity contribution in [2.24, 2.45) is 0 Å². The van der Waals surface area contributed by atoms with E-state index in [1.54, 1.807) is 24.3 Å². The van der Waals surface area contributed by atoms with Crippen LogP contribution in [0.3, 0.4) is 0 Å². The molecule has 0 bridgehead atoms. The maximum Gasteiger partial charge on any atom is 0.307 e. The zero-order chi connectivity index (χ0) is 19.2. The van der Waals surface area contributed by atoms with Gasteiger partial charge in [0.25, 0.3) is 5.91 Å². The van der Waals surface area contributed by atoms with Gasteiger partial charge in [-0.25, -0.2) is 4.98 Å². The Labute approximate surface area is 156 Å². The van der Waals surface area contributed by atoms with E-state index in [-0.39, 0.29) is 24.8 Å². The molecule has 2 heterocycles. The van der Waals surface area contributed by atoms with Gasteiger partial charge in [0.1, 0.15) is 18.0 Å². The second-order valence-corrected chi connectivity index (χ2v) is 6.05. The number of hydrogen-bond acceptors (Lipinski definition) is 5. The molecule has 1 N–H and O–H groups in total. The van der Waals surface area contributed by atoms with Gasteiger partial charge in [0.05, 0.1) is 19.2 Å². The van der Waals surface area contributed by atoms with Gasteiger partial charge in [-0.2, -0.15) is 0 Å². The van der Waals surface area contributed by atoms with Gasteiger partial charge in [0.15, 0.2) is 0 Å². The number of aryl methyl sites for hydroxylation is 1. The summed E-state index contributed by atoms with van der Waals surface area (Å²) in [5.41, 5.74) is 3.34. The third-order valence-corrected chi connectivity index (χ3v) is 4.07. The van der Waals surface area contributed by atoms with Crippen LogP contribution in [0.2, 0.25) is 0 Å². The van der Waals surface area contributed by atoms with Gasteiger partial charge in [0.2, 0.25) is 0 Å². The molecule has 1 aromatic carbocycles. The second-order valence-electron chi connectivity index (χ2n) is 6.05. The molecule has 27 heavy (non-hydrogen) atoms. The number of nitrogens with zero attached hydrogens (tertiary/aromatic N) is 2. The molecule has 140 valence electrons. The molecular weight excluding hydrogens is 346 g/mol. The summed E-state index contributed by atoms with van der Waals surface area (Å²) in [6, 6.07) is 10.8. The lowest BCUT2D eigenvalue weighted by atomic mass is 10.2. The van der Waals surface area contributed by atoms with E-state index < -0.39 is 0 Å². The lowest BCUT2D eigenvalue weighted by Gasteiger charge is -2.07. The number of imidazole rings is 1. The van der Waals surface area contributed by atoms with Gasteiger partial charge in [-0.3, -0.25) is 9.59 Å². The Morgan fingerprint density at radius 1 is 1.19 bits per heavy atom. The van der Waals surface area contributed by atoms with Crippen molar-refractivity contribution in [3.05, 3.63) is 65.6 Å². The highest BCUT2D eigenvalue weighted by Crippen LogP contribution is 2.15. The first-order valence-corrected chi connectivity index (χ1v) is 8.58. The van der Waals surface area contributed by atoms with Crippen molar-refractivity contribution < 1.29 is 19.1 Å². The first kappa shape index (κ1) is 18.4. The van der Waals surface area contributed by atoms with Crippen molar-refractivity contribution in [1.82, 2.24) is 14.7 Å². The molecule has 1 amide bonds. The van der Waals surface area contributed by atoms with Gasteiger partial charge in [-0.1, -0.05) is 6.07 Å². The number of aromatic nitrogens is 2. The summed E-state index contributed by atoms with van der Waals surface area (Å²) in [6.07, 6.45) is 4.03. The van der Waals surface area contributed by atoms with Gasteiger partial charge in [0, 0.05) is 24.5 Å². The Hall–Kier alpha value is -3.35. The maximum atomic E-state index is 12.0. The Morgan fingerprint density at radius 2 is 1.96 bits per heavy atom. The van der Waals surface area contributed by atoms with Gasteiger partial charge in [-0.05, 0) is 42.8 Å². The standard InChI is InChI=1S/C20H21N3O4/c1-14-4-3-11-23-12-16(22-19(14)23)13-27-17-7-5-15(6-8-17)20(25)21-10-9-18(24)26-2/h3-8,11-12H,9-10,13H2,1-2H3,(H,21,25). The molecule has 0 fully saturated rings. The van der Waals surface area contributed by atoms with E-state index in [9.17, 15) is 9.59 Å². The molecule has 0 saturated heterocycles. The van der Waals surface area contributed by atoms with Crippen molar-refractivity contribution in [1.29, 1.82) is 0 Å². The van der Waals surface area contributed by atoms with Crippen LogP contribution in [-0.4, -0.2) is 34.9 Å². The highest BCUT2D eigenvalue weighted by molar-refractivity contribution is 5.94. The van der Waals surface area contributed by atoms with E-state index in [2.05, 4.69) is 15.0 Å². The lowest BCUT2D eigenvalue weighted by Crippen LogP contribution is -2.26. The van der Waals surface area contributed by atoms with E-state index >= 15 is 0 Å². The smallest absolute Gasteiger partial charge is 0.307 e. The molecule has 0 radical (unpaired) electrons. The normalized spacial score (nSPS) is 10.6. The molecule has 0 aliphatic heterocycles. The highest BCUT2D eigenvalue weighted by atomic mass is 16.5. The fraction of sp³-hybridized carbons (Fsp3) is 0.250. The molecule has 0 unspecified atom stereocenters. The predicted octanol–water partition coefficient (Wildman–Crippen LogP) is 2.51. The fourth-order valence-corrected chi connectivity index (χ4v) is 2.62. The third kappa shape index (κ3) is 4.63. The van der Waals surface area contributed by atoms with Gasteiger partial charge >= 0.3 is 5.97 Å². The van der Waals surface area contributed by atoms with Crippen LogP contribution in [0.15, 0.2) is 48.8 Å². The third-order valence-electron chi connectivity index (χ3n) is 4.07. The number of carbonyl (C=O) groups is 2.